The molecule has 1 aliphatic rings. The van der Waals surface area contributed by atoms with Crippen molar-refractivity contribution in [1.82, 2.24) is 14.8 Å². The largest absolute Gasteiger partial charge is 0.372 e. The van der Waals surface area contributed by atoms with Gasteiger partial charge < -0.3 is 14.8 Å². The first-order valence-electron chi connectivity index (χ1n) is 8.33. The average molecular weight is 345 g/mol. The number of hydrogen-bond acceptors (Lipinski definition) is 5. The molecule has 0 saturated carbocycles. The van der Waals surface area contributed by atoms with Gasteiger partial charge in [0.2, 0.25) is 5.91 Å². The van der Waals surface area contributed by atoms with E-state index in [1.165, 1.54) is 30.3 Å². The van der Waals surface area contributed by atoms with Gasteiger partial charge in [-0.1, -0.05) is 11.8 Å². The first-order chi connectivity index (χ1) is 11.7. The summed E-state index contributed by atoms with van der Waals surface area (Å²) in [4.78, 5) is 14.6. The van der Waals surface area contributed by atoms with Gasteiger partial charge >= 0.3 is 0 Å². The van der Waals surface area contributed by atoms with Crippen molar-refractivity contribution in [3.05, 3.63) is 30.1 Å². The molecule has 7 heteroatoms. The summed E-state index contributed by atoms with van der Waals surface area (Å²) in [7, 11) is 0. The van der Waals surface area contributed by atoms with E-state index in [1.807, 2.05) is 24.5 Å². The smallest absolute Gasteiger partial charge is 0.234 e. The molecule has 0 aliphatic carbocycles. The van der Waals surface area contributed by atoms with E-state index < -0.39 is 0 Å². The molecular formula is C17H23N5OS. The molecule has 128 valence electrons. The third-order valence-electron chi connectivity index (χ3n) is 4.21. The molecule has 1 amide bonds. The number of aryl methyl sites for hydroxylation is 2. The van der Waals surface area contributed by atoms with Gasteiger partial charge in [-0.15, -0.1) is 10.2 Å². The van der Waals surface area contributed by atoms with Gasteiger partial charge in [0.05, 0.1) is 5.75 Å². The minimum Gasteiger partial charge on any atom is -0.372 e. The summed E-state index contributed by atoms with van der Waals surface area (Å²) < 4.78 is 1.92. The fourth-order valence-electron chi connectivity index (χ4n) is 2.85. The lowest BCUT2D eigenvalue weighted by molar-refractivity contribution is -0.113. The van der Waals surface area contributed by atoms with Gasteiger partial charge in [0.15, 0.2) is 5.16 Å². The minimum absolute atomic E-state index is 0.0253. The summed E-state index contributed by atoms with van der Waals surface area (Å²) in [6, 6.07) is 6.25. The van der Waals surface area contributed by atoms with E-state index in [4.69, 9.17) is 0 Å². The second-order valence-corrected chi connectivity index (χ2v) is 6.87. The summed E-state index contributed by atoms with van der Waals surface area (Å²) >= 11 is 1.40. The molecule has 24 heavy (non-hydrogen) atoms. The number of rotatable bonds is 6. The monoisotopic (exact) mass is 345 g/mol. The highest BCUT2D eigenvalue weighted by Gasteiger charge is 2.14. The number of carbonyl (C=O) groups is 1. The van der Waals surface area contributed by atoms with Gasteiger partial charge in [-0.05, 0) is 50.5 Å². The van der Waals surface area contributed by atoms with Gasteiger partial charge in [0.1, 0.15) is 6.33 Å². The van der Waals surface area contributed by atoms with Crippen molar-refractivity contribution in [2.75, 3.05) is 29.1 Å². The number of nitrogens with zero attached hydrogens (tertiary/aromatic N) is 4. The maximum Gasteiger partial charge on any atom is 0.234 e. The van der Waals surface area contributed by atoms with Crippen LogP contribution in [0.25, 0.3) is 0 Å². The van der Waals surface area contributed by atoms with Crippen molar-refractivity contribution in [1.29, 1.82) is 0 Å². The van der Waals surface area contributed by atoms with Crippen LogP contribution in [0.15, 0.2) is 29.7 Å². The predicted molar refractivity (Wildman–Crippen MR) is 97.7 cm³/mol. The number of anilines is 2. The van der Waals surface area contributed by atoms with E-state index >= 15 is 0 Å². The van der Waals surface area contributed by atoms with Gasteiger partial charge in [0.25, 0.3) is 0 Å². The second kappa shape index (κ2) is 7.70. The lowest BCUT2D eigenvalue weighted by atomic mass is 10.1. The van der Waals surface area contributed by atoms with Crippen molar-refractivity contribution in [2.45, 2.75) is 38.4 Å². The Kier molecular flexibility index (Phi) is 5.40. The molecule has 0 bridgehead atoms. The van der Waals surface area contributed by atoms with Crippen molar-refractivity contribution < 1.29 is 4.79 Å². The Labute approximate surface area is 146 Å². The molecule has 1 aromatic carbocycles. The molecule has 0 unspecified atom stereocenters. The van der Waals surface area contributed by atoms with Crippen molar-refractivity contribution in [3.8, 4) is 0 Å². The van der Waals surface area contributed by atoms with E-state index in [0.29, 0.717) is 5.75 Å². The molecule has 1 aromatic heterocycles. The number of thioether (sulfide) groups is 1. The lowest BCUT2D eigenvalue weighted by Gasteiger charge is -2.19. The molecule has 1 aliphatic heterocycles. The Morgan fingerprint density at radius 3 is 2.83 bits per heavy atom. The number of nitrogens with one attached hydrogen (secondary N) is 1. The summed E-state index contributed by atoms with van der Waals surface area (Å²) in [5.41, 5.74) is 3.21. The molecule has 6 nitrogen and oxygen atoms in total. The summed E-state index contributed by atoms with van der Waals surface area (Å²) in [6.45, 7) is 7.11. The summed E-state index contributed by atoms with van der Waals surface area (Å²) in [5, 5.41) is 11.7. The van der Waals surface area contributed by atoms with E-state index in [-0.39, 0.29) is 5.91 Å². The SMILES string of the molecule is CCn1cnnc1SCC(=O)Nc1ccc(N2CCCC2)cc1C. The highest BCUT2D eigenvalue weighted by Crippen LogP contribution is 2.25. The number of amides is 1. The number of carbonyl (C=O) groups excluding carboxylic acids is 1. The van der Waals surface area contributed by atoms with Gasteiger partial charge in [0, 0.05) is 31.0 Å². The Balaban J connectivity index is 1.57. The Bertz CT molecular complexity index is 709. The Morgan fingerprint density at radius 1 is 1.33 bits per heavy atom. The molecule has 0 atom stereocenters. The molecule has 1 saturated heterocycles. The average Bonchev–Trinajstić information content (AvgIpc) is 3.26. The maximum absolute atomic E-state index is 12.2. The van der Waals surface area contributed by atoms with E-state index in [9.17, 15) is 4.79 Å². The Morgan fingerprint density at radius 2 is 2.12 bits per heavy atom. The lowest BCUT2D eigenvalue weighted by Crippen LogP contribution is -2.18. The van der Waals surface area contributed by atoms with E-state index in [0.717, 1.165) is 36.0 Å². The number of benzene rings is 1. The highest BCUT2D eigenvalue weighted by molar-refractivity contribution is 7.99. The molecule has 2 aromatic rings. The molecule has 1 fully saturated rings. The van der Waals surface area contributed by atoms with E-state index in [2.05, 4.69) is 32.5 Å². The number of aromatic nitrogens is 3. The third kappa shape index (κ3) is 3.90. The molecule has 0 spiro atoms. The highest BCUT2D eigenvalue weighted by atomic mass is 32.2. The van der Waals surface area contributed by atoms with Crippen LogP contribution in [-0.2, 0) is 11.3 Å². The summed E-state index contributed by atoms with van der Waals surface area (Å²) in [5.74, 6) is 0.300. The van der Waals surface area contributed by atoms with Crippen LogP contribution >= 0.6 is 11.8 Å². The predicted octanol–water partition coefficient (Wildman–Crippen LogP) is 2.94. The van der Waals surface area contributed by atoms with Crippen LogP contribution in [0.3, 0.4) is 0 Å². The topological polar surface area (TPSA) is 63.1 Å². The molecule has 3 rings (SSSR count). The molecule has 2 heterocycles. The summed E-state index contributed by atoms with van der Waals surface area (Å²) in [6.07, 6.45) is 4.20. The Hall–Kier alpha value is -2.02. The van der Waals surface area contributed by atoms with Gasteiger partial charge in [-0.2, -0.15) is 0 Å². The molecule has 1 N–H and O–H groups in total. The standard InChI is InChI=1S/C17H23N5OS/c1-3-21-12-18-20-17(21)24-11-16(23)19-15-7-6-14(10-13(15)2)22-8-4-5-9-22/h6-7,10,12H,3-5,8-9,11H2,1-2H3,(H,19,23). The van der Waals surface area contributed by atoms with Crippen molar-refractivity contribution in [2.24, 2.45) is 0 Å². The fourth-order valence-corrected chi connectivity index (χ4v) is 3.63. The third-order valence-corrected chi connectivity index (χ3v) is 5.19. The first-order valence-corrected chi connectivity index (χ1v) is 9.32. The fraction of sp³-hybridized carbons (Fsp3) is 0.471. The van der Waals surface area contributed by atoms with Crippen LogP contribution in [-0.4, -0.2) is 39.5 Å². The van der Waals surface area contributed by atoms with Crippen LogP contribution < -0.4 is 10.2 Å². The van der Waals surface area contributed by atoms with Crippen LogP contribution in [0.5, 0.6) is 0 Å². The first kappa shape index (κ1) is 16.8. The van der Waals surface area contributed by atoms with E-state index in [1.54, 1.807) is 6.33 Å². The normalized spacial score (nSPS) is 14.2. The second-order valence-electron chi connectivity index (χ2n) is 5.93. The molecule has 0 radical (unpaired) electrons. The van der Waals surface area contributed by atoms with Crippen molar-refractivity contribution >= 4 is 29.0 Å². The quantitative estimate of drug-likeness (QED) is 0.816. The molecular weight excluding hydrogens is 322 g/mol. The number of hydrogen-bond donors (Lipinski definition) is 1. The maximum atomic E-state index is 12.2. The van der Waals surface area contributed by atoms with Crippen LogP contribution in [0, 0.1) is 6.92 Å². The van der Waals surface area contributed by atoms with Crippen LogP contribution in [0.1, 0.15) is 25.3 Å². The van der Waals surface area contributed by atoms with Crippen LogP contribution in [0.4, 0.5) is 11.4 Å². The van der Waals surface area contributed by atoms with Gasteiger partial charge in [-0.3, -0.25) is 4.79 Å². The minimum atomic E-state index is -0.0253. The van der Waals surface area contributed by atoms with Crippen molar-refractivity contribution in [3.63, 3.8) is 0 Å². The zero-order chi connectivity index (χ0) is 16.9. The van der Waals surface area contributed by atoms with Gasteiger partial charge in [-0.25, -0.2) is 0 Å². The zero-order valence-electron chi connectivity index (χ0n) is 14.2. The zero-order valence-corrected chi connectivity index (χ0v) is 15.0. The van der Waals surface area contributed by atoms with Crippen LogP contribution in [0.2, 0.25) is 0 Å².